The first-order valence-electron chi connectivity index (χ1n) is 11.5. The molecule has 5 nitrogen and oxygen atoms in total. The minimum atomic E-state index is -0.282. The van der Waals surface area contributed by atoms with Gasteiger partial charge in [0.25, 0.3) is 0 Å². The van der Waals surface area contributed by atoms with Crippen LogP contribution in [0, 0.1) is 11.7 Å². The van der Waals surface area contributed by atoms with Gasteiger partial charge in [0.1, 0.15) is 11.3 Å². The van der Waals surface area contributed by atoms with E-state index in [1.54, 1.807) is 6.07 Å². The van der Waals surface area contributed by atoms with Crippen LogP contribution in [0.4, 0.5) is 9.52 Å². The molecule has 2 aliphatic rings. The van der Waals surface area contributed by atoms with E-state index in [1.807, 2.05) is 12.1 Å². The molecule has 2 fully saturated rings. The molecule has 0 bridgehead atoms. The Bertz CT molecular complexity index is 1060. The number of hydrogen-bond donors (Lipinski definition) is 1. The van der Waals surface area contributed by atoms with E-state index in [1.165, 1.54) is 23.0 Å². The molecule has 1 aromatic heterocycles. The number of nitrogens with one attached hydrogen (secondary N) is 1. The number of aromatic nitrogens is 1. The molecular weight excluding hydrogens is 423 g/mol. The van der Waals surface area contributed by atoms with Gasteiger partial charge in [-0.2, -0.15) is 0 Å². The molecule has 2 saturated heterocycles. The fourth-order valence-electron chi connectivity index (χ4n) is 4.80. The predicted octanol–water partition coefficient (Wildman–Crippen LogP) is 4.43. The highest BCUT2D eigenvalue weighted by atomic mass is 32.1. The van der Waals surface area contributed by atoms with Gasteiger partial charge >= 0.3 is 0 Å². The lowest BCUT2D eigenvalue weighted by atomic mass is 9.96. The zero-order chi connectivity index (χ0) is 21.9. The second-order valence-electron chi connectivity index (χ2n) is 8.91. The van der Waals surface area contributed by atoms with E-state index in [0.29, 0.717) is 12.1 Å². The molecule has 1 atom stereocenters. The Kier molecular flexibility index (Phi) is 6.37. The van der Waals surface area contributed by atoms with Gasteiger partial charge in [-0.3, -0.25) is 9.69 Å². The van der Waals surface area contributed by atoms with Crippen LogP contribution < -0.4 is 10.2 Å². The van der Waals surface area contributed by atoms with Crippen LogP contribution in [0.2, 0.25) is 0 Å². The lowest BCUT2D eigenvalue weighted by molar-refractivity contribution is -0.126. The Labute approximate surface area is 192 Å². The van der Waals surface area contributed by atoms with Crippen LogP contribution in [-0.2, 0) is 11.3 Å². The van der Waals surface area contributed by atoms with Crippen LogP contribution in [0.25, 0.3) is 10.2 Å². The van der Waals surface area contributed by atoms with Crippen molar-refractivity contribution in [1.82, 2.24) is 15.2 Å². The minimum absolute atomic E-state index is 0.0389. The van der Waals surface area contributed by atoms with Crippen LogP contribution in [-0.4, -0.2) is 48.0 Å². The molecular formula is C25H29FN4OS. The smallest absolute Gasteiger partial charge is 0.225 e. The summed E-state index contributed by atoms with van der Waals surface area (Å²) in [5.41, 5.74) is 1.77. The SMILES string of the molecule is O=C(NC1CCN(Cc2ccccc2)CC1)C1CCCN(c2nc3c(F)cccc3s2)C1. The number of nitrogens with zero attached hydrogens (tertiary/aromatic N) is 3. The van der Waals surface area contributed by atoms with E-state index in [4.69, 9.17) is 0 Å². The molecule has 2 aliphatic heterocycles. The third kappa shape index (κ3) is 4.79. The number of piperidine rings is 2. The highest BCUT2D eigenvalue weighted by molar-refractivity contribution is 7.22. The molecule has 5 rings (SSSR count). The number of rotatable bonds is 5. The number of hydrogen-bond acceptors (Lipinski definition) is 5. The summed E-state index contributed by atoms with van der Waals surface area (Å²) in [6.45, 7) is 4.51. The highest BCUT2D eigenvalue weighted by Gasteiger charge is 2.30. The molecule has 1 unspecified atom stereocenters. The number of anilines is 1. The quantitative estimate of drug-likeness (QED) is 0.622. The number of fused-ring (bicyclic) bond motifs is 1. The standard InChI is InChI=1S/C25H29FN4OS/c26-21-9-4-10-22-23(21)28-25(32-22)30-13-5-8-19(17-30)24(31)27-20-11-14-29(15-12-20)16-18-6-2-1-3-7-18/h1-4,6-7,9-10,19-20H,5,8,11-17H2,(H,27,31). The lowest BCUT2D eigenvalue weighted by Crippen LogP contribution is -2.49. The van der Waals surface area contributed by atoms with E-state index < -0.39 is 0 Å². The Morgan fingerprint density at radius 3 is 2.66 bits per heavy atom. The summed E-state index contributed by atoms with van der Waals surface area (Å²) in [5, 5.41) is 4.13. The summed E-state index contributed by atoms with van der Waals surface area (Å²) in [7, 11) is 0. The van der Waals surface area contributed by atoms with Gasteiger partial charge in [-0.05, 0) is 43.4 Å². The van der Waals surface area contributed by atoms with Crippen LogP contribution in [0.15, 0.2) is 48.5 Å². The first-order chi connectivity index (χ1) is 15.7. The fourth-order valence-corrected chi connectivity index (χ4v) is 5.81. The van der Waals surface area contributed by atoms with Gasteiger partial charge in [-0.15, -0.1) is 0 Å². The van der Waals surface area contributed by atoms with E-state index in [0.717, 1.165) is 61.7 Å². The van der Waals surface area contributed by atoms with Crippen molar-refractivity contribution in [3.63, 3.8) is 0 Å². The van der Waals surface area contributed by atoms with Crippen LogP contribution in [0.3, 0.4) is 0 Å². The Morgan fingerprint density at radius 1 is 1.06 bits per heavy atom. The summed E-state index contributed by atoms with van der Waals surface area (Å²) in [5.74, 6) is -0.165. The molecule has 0 spiro atoms. The maximum atomic E-state index is 14.0. The van der Waals surface area contributed by atoms with Gasteiger partial charge in [-0.25, -0.2) is 9.37 Å². The van der Waals surface area contributed by atoms with E-state index in [2.05, 4.69) is 44.4 Å². The highest BCUT2D eigenvalue weighted by Crippen LogP contribution is 2.32. The molecule has 0 radical (unpaired) electrons. The molecule has 2 aromatic carbocycles. The van der Waals surface area contributed by atoms with Gasteiger partial charge in [0.15, 0.2) is 5.13 Å². The van der Waals surface area contributed by atoms with Crippen molar-refractivity contribution in [1.29, 1.82) is 0 Å². The number of para-hydroxylation sites is 1. The van der Waals surface area contributed by atoms with Crippen molar-refractivity contribution in [2.24, 2.45) is 5.92 Å². The van der Waals surface area contributed by atoms with E-state index >= 15 is 0 Å². The number of likely N-dealkylation sites (tertiary alicyclic amines) is 1. The van der Waals surface area contributed by atoms with Crippen molar-refractivity contribution < 1.29 is 9.18 Å². The van der Waals surface area contributed by atoms with Gasteiger partial charge in [0, 0.05) is 38.8 Å². The third-order valence-corrected chi connectivity index (χ3v) is 7.69. The molecule has 7 heteroatoms. The van der Waals surface area contributed by atoms with Gasteiger partial charge < -0.3 is 10.2 Å². The predicted molar refractivity (Wildman–Crippen MR) is 127 cm³/mol. The maximum Gasteiger partial charge on any atom is 0.225 e. The number of halogens is 1. The fraction of sp³-hybridized carbons (Fsp3) is 0.440. The zero-order valence-corrected chi connectivity index (χ0v) is 19.0. The third-order valence-electron chi connectivity index (χ3n) is 6.60. The Hall–Kier alpha value is -2.51. The first kappa shape index (κ1) is 21.3. The molecule has 3 heterocycles. The van der Waals surface area contributed by atoms with Gasteiger partial charge in [0.05, 0.1) is 10.6 Å². The summed E-state index contributed by atoms with van der Waals surface area (Å²) in [4.78, 5) is 22.2. The van der Waals surface area contributed by atoms with Crippen LogP contribution >= 0.6 is 11.3 Å². The number of carbonyl (C=O) groups excluding carboxylic acids is 1. The average Bonchev–Trinajstić information content (AvgIpc) is 3.27. The second-order valence-corrected chi connectivity index (χ2v) is 9.92. The second kappa shape index (κ2) is 9.55. The topological polar surface area (TPSA) is 48.5 Å². The summed E-state index contributed by atoms with van der Waals surface area (Å²) >= 11 is 1.51. The van der Waals surface area contributed by atoms with Crippen LogP contribution in [0.1, 0.15) is 31.2 Å². The lowest BCUT2D eigenvalue weighted by Gasteiger charge is -2.35. The monoisotopic (exact) mass is 452 g/mol. The van der Waals surface area contributed by atoms with Crippen molar-refractivity contribution in [2.75, 3.05) is 31.1 Å². The Morgan fingerprint density at radius 2 is 1.88 bits per heavy atom. The van der Waals surface area contributed by atoms with Crippen molar-refractivity contribution in [2.45, 2.75) is 38.3 Å². The molecule has 1 N–H and O–H groups in total. The van der Waals surface area contributed by atoms with Gasteiger partial charge in [-0.1, -0.05) is 47.7 Å². The largest absolute Gasteiger partial charge is 0.353 e. The number of thiazole rings is 1. The number of carbonyl (C=O) groups is 1. The van der Waals surface area contributed by atoms with E-state index in [-0.39, 0.29) is 23.7 Å². The average molecular weight is 453 g/mol. The van der Waals surface area contributed by atoms with Crippen LogP contribution in [0.5, 0.6) is 0 Å². The normalized spacial score (nSPS) is 20.5. The summed E-state index contributed by atoms with van der Waals surface area (Å²) in [6, 6.07) is 15.9. The zero-order valence-electron chi connectivity index (χ0n) is 18.2. The molecule has 3 aromatic rings. The van der Waals surface area contributed by atoms with E-state index in [9.17, 15) is 9.18 Å². The summed E-state index contributed by atoms with van der Waals surface area (Å²) < 4.78 is 14.9. The maximum absolute atomic E-state index is 14.0. The molecule has 0 saturated carbocycles. The molecule has 32 heavy (non-hydrogen) atoms. The molecule has 1 amide bonds. The first-order valence-corrected chi connectivity index (χ1v) is 12.3. The van der Waals surface area contributed by atoms with Gasteiger partial charge in [0.2, 0.25) is 5.91 Å². The Balaban J connectivity index is 1.14. The van der Waals surface area contributed by atoms with Crippen molar-refractivity contribution >= 4 is 32.6 Å². The summed E-state index contributed by atoms with van der Waals surface area (Å²) in [6.07, 6.45) is 3.83. The molecule has 168 valence electrons. The van der Waals surface area contributed by atoms with Crippen molar-refractivity contribution in [3.05, 3.63) is 59.9 Å². The minimum Gasteiger partial charge on any atom is -0.353 e. The molecule has 0 aliphatic carbocycles. The number of amides is 1. The van der Waals surface area contributed by atoms with Crippen molar-refractivity contribution in [3.8, 4) is 0 Å². The number of benzene rings is 2.